The van der Waals surface area contributed by atoms with E-state index in [1.807, 2.05) is 18.2 Å². The van der Waals surface area contributed by atoms with Gasteiger partial charge in [0.25, 0.3) is 0 Å². The largest absolute Gasteiger partial charge is 0.289 e. The predicted octanol–water partition coefficient (Wildman–Crippen LogP) is 4.68. The number of aryl methyl sites for hydroxylation is 1. The highest BCUT2D eigenvalue weighted by Gasteiger charge is 2.05. The first-order valence-electron chi connectivity index (χ1n) is 5.81. The van der Waals surface area contributed by atoms with Crippen LogP contribution in [-0.2, 0) is 0 Å². The number of hydrogen-bond donors (Lipinski definition) is 0. The molecule has 2 rings (SSSR count). The van der Waals surface area contributed by atoms with E-state index in [1.54, 1.807) is 19.1 Å². The molecule has 0 aromatic heterocycles. The fourth-order valence-corrected chi connectivity index (χ4v) is 1.87. The number of halogens is 2. The highest BCUT2D eigenvalue weighted by atomic mass is 35.5. The molecule has 2 aromatic rings. The van der Waals surface area contributed by atoms with Crippen molar-refractivity contribution in [3.05, 3.63) is 76.1 Å². The van der Waals surface area contributed by atoms with Gasteiger partial charge >= 0.3 is 0 Å². The van der Waals surface area contributed by atoms with Gasteiger partial charge in [-0.3, -0.25) is 4.79 Å². The molecule has 19 heavy (non-hydrogen) atoms. The number of hydrogen-bond acceptors (Lipinski definition) is 1. The SMILES string of the molecule is Cc1cc(C(=O)/C=C/c2ccccc2Cl)ccc1F. The second kappa shape index (κ2) is 5.81. The van der Waals surface area contributed by atoms with Crippen molar-refractivity contribution >= 4 is 23.5 Å². The van der Waals surface area contributed by atoms with Gasteiger partial charge in [0.1, 0.15) is 5.82 Å². The van der Waals surface area contributed by atoms with Crippen molar-refractivity contribution < 1.29 is 9.18 Å². The van der Waals surface area contributed by atoms with Crippen LogP contribution in [-0.4, -0.2) is 5.78 Å². The molecule has 0 aliphatic rings. The van der Waals surface area contributed by atoms with E-state index in [0.717, 1.165) is 5.56 Å². The normalized spacial score (nSPS) is 10.9. The van der Waals surface area contributed by atoms with Gasteiger partial charge in [-0.15, -0.1) is 0 Å². The van der Waals surface area contributed by atoms with Crippen LogP contribution < -0.4 is 0 Å². The van der Waals surface area contributed by atoms with Gasteiger partial charge in [0.15, 0.2) is 5.78 Å². The summed E-state index contributed by atoms with van der Waals surface area (Å²) in [7, 11) is 0. The van der Waals surface area contributed by atoms with Crippen LogP contribution in [0.1, 0.15) is 21.5 Å². The fourth-order valence-electron chi connectivity index (χ4n) is 1.67. The van der Waals surface area contributed by atoms with Crippen LogP contribution >= 0.6 is 11.6 Å². The Bertz CT molecular complexity index is 647. The van der Waals surface area contributed by atoms with Crippen LogP contribution in [0.3, 0.4) is 0 Å². The van der Waals surface area contributed by atoms with Crippen LogP contribution in [0.15, 0.2) is 48.5 Å². The molecular weight excluding hydrogens is 263 g/mol. The Hall–Kier alpha value is -1.93. The highest BCUT2D eigenvalue weighted by Crippen LogP contribution is 2.17. The molecule has 0 aliphatic carbocycles. The van der Waals surface area contributed by atoms with E-state index >= 15 is 0 Å². The lowest BCUT2D eigenvalue weighted by Crippen LogP contribution is -1.96. The van der Waals surface area contributed by atoms with Crippen LogP contribution in [0.4, 0.5) is 4.39 Å². The van der Waals surface area contributed by atoms with Gasteiger partial charge in [-0.25, -0.2) is 4.39 Å². The molecule has 0 aliphatic heterocycles. The maximum absolute atomic E-state index is 13.1. The van der Waals surface area contributed by atoms with Crippen LogP contribution in [0.25, 0.3) is 6.08 Å². The molecule has 0 amide bonds. The van der Waals surface area contributed by atoms with E-state index in [1.165, 1.54) is 24.3 Å². The Labute approximate surface area is 116 Å². The first kappa shape index (κ1) is 13.5. The number of ketones is 1. The Morgan fingerprint density at radius 2 is 1.95 bits per heavy atom. The maximum atomic E-state index is 13.1. The number of allylic oxidation sites excluding steroid dienone is 1. The monoisotopic (exact) mass is 274 g/mol. The molecule has 0 saturated heterocycles. The van der Waals surface area contributed by atoms with Crippen molar-refractivity contribution in [2.45, 2.75) is 6.92 Å². The third-order valence-corrected chi connectivity index (χ3v) is 3.11. The summed E-state index contributed by atoms with van der Waals surface area (Å²) in [6, 6.07) is 11.6. The number of carbonyl (C=O) groups excluding carboxylic acids is 1. The van der Waals surface area contributed by atoms with E-state index in [0.29, 0.717) is 16.1 Å². The van der Waals surface area contributed by atoms with Gasteiger partial charge in [0.2, 0.25) is 0 Å². The molecule has 96 valence electrons. The first-order chi connectivity index (χ1) is 9.08. The van der Waals surface area contributed by atoms with Crippen molar-refractivity contribution in [2.24, 2.45) is 0 Å². The van der Waals surface area contributed by atoms with Crippen molar-refractivity contribution in [2.75, 3.05) is 0 Å². The molecular formula is C16H12ClFO. The zero-order valence-corrected chi connectivity index (χ0v) is 11.1. The minimum atomic E-state index is -0.313. The molecule has 0 radical (unpaired) electrons. The summed E-state index contributed by atoms with van der Waals surface area (Å²) in [4.78, 5) is 11.9. The molecule has 3 heteroatoms. The van der Waals surface area contributed by atoms with Crippen molar-refractivity contribution in [3.63, 3.8) is 0 Å². The summed E-state index contributed by atoms with van der Waals surface area (Å²) in [5, 5.41) is 0.585. The third-order valence-electron chi connectivity index (χ3n) is 2.76. The van der Waals surface area contributed by atoms with Gasteiger partial charge in [-0.05, 0) is 54.5 Å². The predicted molar refractivity (Wildman–Crippen MR) is 76.0 cm³/mol. The molecule has 0 saturated carbocycles. The van der Waals surface area contributed by atoms with Gasteiger partial charge in [0.05, 0.1) is 0 Å². The molecule has 0 heterocycles. The molecule has 0 N–H and O–H groups in total. The molecule has 0 spiro atoms. The summed E-state index contributed by atoms with van der Waals surface area (Å²) < 4.78 is 13.1. The molecule has 1 nitrogen and oxygen atoms in total. The average molecular weight is 275 g/mol. The summed E-state index contributed by atoms with van der Waals surface area (Å²) >= 11 is 5.99. The minimum Gasteiger partial charge on any atom is -0.289 e. The molecule has 0 fully saturated rings. The molecule has 0 atom stereocenters. The van der Waals surface area contributed by atoms with Gasteiger partial charge in [-0.2, -0.15) is 0 Å². The lowest BCUT2D eigenvalue weighted by molar-refractivity contribution is 0.104. The summed E-state index contributed by atoms with van der Waals surface area (Å²) in [6.07, 6.45) is 3.09. The van der Waals surface area contributed by atoms with Crippen LogP contribution in [0, 0.1) is 12.7 Å². The Balaban J connectivity index is 2.21. The van der Waals surface area contributed by atoms with Gasteiger partial charge < -0.3 is 0 Å². The van der Waals surface area contributed by atoms with E-state index in [-0.39, 0.29) is 11.6 Å². The molecule has 0 bridgehead atoms. The Morgan fingerprint density at radius 1 is 1.21 bits per heavy atom. The number of carbonyl (C=O) groups is 1. The standard InChI is InChI=1S/C16H12ClFO/c1-11-10-13(6-8-15(11)18)16(19)9-7-12-4-2-3-5-14(12)17/h2-10H,1H3/b9-7+. The second-order valence-electron chi connectivity index (χ2n) is 4.18. The Morgan fingerprint density at radius 3 is 2.63 bits per heavy atom. The highest BCUT2D eigenvalue weighted by molar-refractivity contribution is 6.32. The van der Waals surface area contributed by atoms with E-state index in [2.05, 4.69) is 0 Å². The molecule has 2 aromatic carbocycles. The quantitative estimate of drug-likeness (QED) is 0.586. The topological polar surface area (TPSA) is 17.1 Å². The smallest absolute Gasteiger partial charge is 0.185 e. The van der Waals surface area contributed by atoms with Crippen molar-refractivity contribution in [3.8, 4) is 0 Å². The molecule has 0 unspecified atom stereocenters. The maximum Gasteiger partial charge on any atom is 0.185 e. The van der Waals surface area contributed by atoms with E-state index in [9.17, 15) is 9.18 Å². The van der Waals surface area contributed by atoms with E-state index < -0.39 is 0 Å². The minimum absolute atomic E-state index is 0.178. The summed E-state index contributed by atoms with van der Waals surface area (Å²) in [5.74, 6) is -0.491. The number of rotatable bonds is 3. The average Bonchev–Trinajstić information content (AvgIpc) is 2.40. The third kappa shape index (κ3) is 3.30. The van der Waals surface area contributed by atoms with Crippen molar-refractivity contribution in [1.82, 2.24) is 0 Å². The van der Waals surface area contributed by atoms with Crippen molar-refractivity contribution in [1.29, 1.82) is 0 Å². The first-order valence-corrected chi connectivity index (χ1v) is 6.19. The Kier molecular flexibility index (Phi) is 4.13. The fraction of sp³-hybridized carbons (Fsp3) is 0.0625. The lowest BCUT2D eigenvalue weighted by atomic mass is 10.1. The van der Waals surface area contributed by atoms with Crippen LogP contribution in [0.5, 0.6) is 0 Å². The summed E-state index contributed by atoms with van der Waals surface area (Å²) in [5.41, 5.74) is 1.69. The second-order valence-corrected chi connectivity index (χ2v) is 4.59. The summed E-state index contributed by atoms with van der Waals surface area (Å²) in [6.45, 7) is 1.63. The zero-order chi connectivity index (χ0) is 13.8. The number of benzene rings is 2. The zero-order valence-electron chi connectivity index (χ0n) is 10.4. The van der Waals surface area contributed by atoms with Gasteiger partial charge in [0, 0.05) is 10.6 Å². The van der Waals surface area contributed by atoms with E-state index in [4.69, 9.17) is 11.6 Å². The van der Waals surface area contributed by atoms with Crippen LogP contribution in [0.2, 0.25) is 5.02 Å². The lowest BCUT2D eigenvalue weighted by Gasteiger charge is -2.00. The van der Waals surface area contributed by atoms with Gasteiger partial charge in [-0.1, -0.05) is 29.8 Å².